The van der Waals surface area contributed by atoms with Gasteiger partial charge in [-0.05, 0) is 40.9 Å². The lowest BCUT2D eigenvalue weighted by Crippen LogP contribution is -2.41. The van der Waals surface area contributed by atoms with E-state index in [4.69, 9.17) is 0 Å². The van der Waals surface area contributed by atoms with E-state index in [1.807, 2.05) is 25.9 Å². The van der Waals surface area contributed by atoms with Crippen molar-refractivity contribution in [3.05, 3.63) is 29.6 Å². The van der Waals surface area contributed by atoms with E-state index in [-0.39, 0.29) is 11.9 Å². The third kappa shape index (κ3) is 3.91. The zero-order valence-corrected chi connectivity index (χ0v) is 12.5. The molecule has 0 aliphatic heterocycles. The molecular weight excluding hydrogens is 243 g/mol. The molecule has 1 N–H and O–H groups in total. The first-order valence-corrected chi connectivity index (χ1v) is 6.76. The lowest BCUT2D eigenvalue weighted by molar-refractivity contribution is 0.199. The summed E-state index contributed by atoms with van der Waals surface area (Å²) in [5.74, 6) is -0.272. The standard InChI is InChI=1S/C15H25FN2O/c1-6-18(11(2)10-17(4)5)15-13(12(3)19)8-7-9-14(15)16/h7-9,11-12,19H,6,10H2,1-5H3/t11?,12-/m1/s1. The van der Waals surface area contributed by atoms with Crippen LogP contribution in [0.25, 0.3) is 0 Å². The molecule has 1 rings (SSSR count). The highest BCUT2D eigenvalue weighted by atomic mass is 19.1. The van der Waals surface area contributed by atoms with Crippen LogP contribution in [0.3, 0.4) is 0 Å². The van der Waals surface area contributed by atoms with E-state index >= 15 is 0 Å². The van der Waals surface area contributed by atoms with E-state index in [9.17, 15) is 9.50 Å². The number of benzene rings is 1. The monoisotopic (exact) mass is 268 g/mol. The summed E-state index contributed by atoms with van der Waals surface area (Å²) >= 11 is 0. The number of aliphatic hydroxyl groups excluding tert-OH is 1. The summed E-state index contributed by atoms with van der Waals surface area (Å²) in [6.45, 7) is 7.28. The fourth-order valence-corrected chi connectivity index (χ4v) is 2.49. The predicted molar refractivity (Wildman–Crippen MR) is 78.1 cm³/mol. The number of hydrogen-bond donors (Lipinski definition) is 1. The van der Waals surface area contributed by atoms with Crippen LogP contribution in [-0.4, -0.2) is 43.2 Å². The Kier molecular flexibility index (Phi) is 5.76. The van der Waals surface area contributed by atoms with Crippen molar-refractivity contribution in [1.82, 2.24) is 4.90 Å². The van der Waals surface area contributed by atoms with E-state index < -0.39 is 6.10 Å². The lowest BCUT2D eigenvalue weighted by atomic mass is 10.1. The third-order valence-corrected chi connectivity index (χ3v) is 3.26. The van der Waals surface area contributed by atoms with Gasteiger partial charge in [-0.25, -0.2) is 4.39 Å². The Balaban J connectivity index is 3.17. The molecule has 0 saturated carbocycles. The number of hydrogen-bond acceptors (Lipinski definition) is 3. The average Bonchev–Trinajstić information content (AvgIpc) is 2.30. The Hall–Kier alpha value is -1.13. The van der Waals surface area contributed by atoms with Gasteiger partial charge in [-0.3, -0.25) is 0 Å². The van der Waals surface area contributed by atoms with E-state index in [1.54, 1.807) is 19.1 Å². The molecule has 0 bridgehead atoms. The van der Waals surface area contributed by atoms with Crippen LogP contribution in [0.5, 0.6) is 0 Å². The number of anilines is 1. The van der Waals surface area contributed by atoms with Gasteiger partial charge in [0, 0.05) is 24.7 Å². The van der Waals surface area contributed by atoms with Gasteiger partial charge in [0.15, 0.2) is 0 Å². The molecule has 19 heavy (non-hydrogen) atoms. The van der Waals surface area contributed by atoms with Crippen molar-refractivity contribution >= 4 is 5.69 Å². The largest absolute Gasteiger partial charge is 0.389 e. The van der Waals surface area contributed by atoms with Crippen LogP contribution in [0, 0.1) is 5.82 Å². The van der Waals surface area contributed by atoms with Crippen molar-refractivity contribution in [2.75, 3.05) is 32.1 Å². The molecule has 1 aromatic rings. The highest BCUT2D eigenvalue weighted by Gasteiger charge is 2.21. The predicted octanol–water partition coefficient (Wildman–Crippen LogP) is 2.66. The van der Waals surface area contributed by atoms with Gasteiger partial charge in [0.05, 0.1) is 11.8 Å². The van der Waals surface area contributed by atoms with Gasteiger partial charge in [0.1, 0.15) is 5.82 Å². The molecule has 0 aliphatic carbocycles. The smallest absolute Gasteiger partial charge is 0.146 e. The quantitative estimate of drug-likeness (QED) is 0.859. The summed E-state index contributed by atoms with van der Waals surface area (Å²) in [4.78, 5) is 4.09. The van der Waals surface area contributed by atoms with Crippen molar-refractivity contribution in [1.29, 1.82) is 0 Å². The summed E-state index contributed by atoms with van der Waals surface area (Å²) in [6, 6.07) is 5.06. The Morgan fingerprint density at radius 1 is 1.26 bits per heavy atom. The fourth-order valence-electron chi connectivity index (χ4n) is 2.49. The van der Waals surface area contributed by atoms with Gasteiger partial charge in [0.2, 0.25) is 0 Å². The number of halogens is 1. The first-order chi connectivity index (χ1) is 8.88. The van der Waals surface area contributed by atoms with Crippen molar-refractivity contribution in [2.45, 2.75) is 32.9 Å². The van der Waals surface area contributed by atoms with Crippen molar-refractivity contribution in [3.63, 3.8) is 0 Å². The average molecular weight is 268 g/mol. The molecule has 0 heterocycles. The number of likely N-dealkylation sites (N-methyl/N-ethyl adjacent to an activating group) is 2. The number of nitrogens with zero attached hydrogens (tertiary/aromatic N) is 2. The molecule has 0 aliphatic rings. The normalized spacial score (nSPS) is 14.5. The van der Waals surface area contributed by atoms with E-state index in [0.717, 1.165) is 6.54 Å². The minimum atomic E-state index is -0.675. The molecule has 108 valence electrons. The van der Waals surface area contributed by atoms with E-state index in [2.05, 4.69) is 11.8 Å². The molecule has 1 unspecified atom stereocenters. The summed E-state index contributed by atoms with van der Waals surface area (Å²) in [5, 5.41) is 9.83. The zero-order valence-electron chi connectivity index (χ0n) is 12.5. The van der Waals surface area contributed by atoms with Crippen LogP contribution < -0.4 is 4.90 Å². The van der Waals surface area contributed by atoms with Gasteiger partial charge < -0.3 is 14.9 Å². The number of para-hydroxylation sites is 1. The summed E-state index contributed by atoms with van der Waals surface area (Å²) in [5.41, 5.74) is 1.17. The molecule has 0 aromatic heterocycles. The Labute approximate surface area is 115 Å². The number of aliphatic hydroxyl groups is 1. The SMILES string of the molecule is CCN(c1c(F)cccc1[C@@H](C)O)C(C)CN(C)C. The maximum Gasteiger partial charge on any atom is 0.146 e. The second-order valence-corrected chi connectivity index (χ2v) is 5.25. The highest BCUT2D eigenvalue weighted by Crippen LogP contribution is 2.30. The van der Waals surface area contributed by atoms with Crippen LogP contribution in [0.2, 0.25) is 0 Å². The second kappa shape index (κ2) is 6.87. The van der Waals surface area contributed by atoms with Crippen molar-refractivity contribution < 1.29 is 9.50 Å². The minimum absolute atomic E-state index is 0.175. The first-order valence-electron chi connectivity index (χ1n) is 6.76. The summed E-state index contributed by atoms with van der Waals surface area (Å²) in [7, 11) is 4.00. The molecule has 0 amide bonds. The zero-order chi connectivity index (χ0) is 14.6. The number of rotatable bonds is 6. The molecule has 0 saturated heterocycles. The minimum Gasteiger partial charge on any atom is -0.389 e. The van der Waals surface area contributed by atoms with Gasteiger partial charge in [-0.1, -0.05) is 12.1 Å². The Bertz CT molecular complexity index is 407. The van der Waals surface area contributed by atoms with Crippen LogP contribution in [0.4, 0.5) is 10.1 Å². The van der Waals surface area contributed by atoms with Gasteiger partial charge in [-0.2, -0.15) is 0 Å². The summed E-state index contributed by atoms with van der Waals surface area (Å²) < 4.78 is 14.2. The van der Waals surface area contributed by atoms with Gasteiger partial charge in [0.25, 0.3) is 0 Å². The molecule has 0 fully saturated rings. The van der Waals surface area contributed by atoms with Gasteiger partial charge >= 0.3 is 0 Å². The second-order valence-electron chi connectivity index (χ2n) is 5.25. The maximum absolute atomic E-state index is 14.2. The van der Waals surface area contributed by atoms with E-state index in [0.29, 0.717) is 17.8 Å². The maximum atomic E-state index is 14.2. The molecular formula is C15H25FN2O. The molecule has 4 heteroatoms. The van der Waals surface area contributed by atoms with E-state index in [1.165, 1.54) is 6.07 Å². The van der Waals surface area contributed by atoms with Crippen LogP contribution in [-0.2, 0) is 0 Å². The first kappa shape index (κ1) is 15.9. The molecule has 0 radical (unpaired) electrons. The third-order valence-electron chi connectivity index (χ3n) is 3.26. The van der Waals surface area contributed by atoms with Crippen LogP contribution >= 0.6 is 0 Å². The van der Waals surface area contributed by atoms with Crippen molar-refractivity contribution in [2.24, 2.45) is 0 Å². The van der Waals surface area contributed by atoms with Crippen molar-refractivity contribution in [3.8, 4) is 0 Å². The highest BCUT2D eigenvalue weighted by molar-refractivity contribution is 5.56. The Morgan fingerprint density at radius 3 is 2.37 bits per heavy atom. The fraction of sp³-hybridized carbons (Fsp3) is 0.600. The Morgan fingerprint density at radius 2 is 1.89 bits per heavy atom. The van der Waals surface area contributed by atoms with Crippen LogP contribution in [0.1, 0.15) is 32.4 Å². The molecule has 2 atom stereocenters. The summed E-state index contributed by atoms with van der Waals surface area (Å²) in [6.07, 6.45) is -0.675. The lowest BCUT2D eigenvalue weighted by Gasteiger charge is -2.34. The molecule has 3 nitrogen and oxygen atoms in total. The topological polar surface area (TPSA) is 26.7 Å². The molecule has 0 spiro atoms. The van der Waals surface area contributed by atoms with Crippen LogP contribution in [0.15, 0.2) is 18.2 Å². The molecule has 1 aromatic carbocycles. The van der Waals surface area contributed by atoms with Gasteiger partial charge in [-0.15, -0.1) is 0 Å².